The van der Waals surface area contributed by atoms with Crippen molar-refractivity contribution in [3.8, 4) is 0 Å². The molecule has 2 heterocycles. The van der Waals surface area contributed by atoms with Crippen molar-refractivity contribution in [3.05, 3.63) is 111 Å². The van der Waals surface area contributed by atoms with E-state index in [4.69, 9.17) is 9.90 Å². The molecular formula is C26H16F9N3O4. The normalized spacial score (nSPS) is 12.7. The van der Waals surface area contributed by atoms with Crippen LogP contribution in [0.15, 0.2) is 77.9 Å². The highest BCUT2D eigenvalue weighted by Gasteiger charge is 2.39. The number of fused-ring (bicyclic) bond motifs is 1. The summed E-state index contributed by atoms with van der Waals surface area (Å²) >= 11 is 0. The van der Waals surface area contributed by atoms with Gasteiger partial charge in [0.05, 0.1) is 28.4 Å². The van der Waals surface area contributed by atoms with Gasteiger partial charge in [0.1, 0.15) is 0 Å². The number of alkyl halides is 9. The van der Waals surface area contributed by atoms with E-state index in [1.165, 1.54) is 30.5 Å². The molecule has 4 aromatic rings. The number of carbonyl (C=O) groups is 2. The van der Waals surface area contributed by atoms with Gasteiger partial charge >= 0.3 is 24.5 Å². The number of nitrogens with zero attached hydrogens (tertiary/aromatic N) is 1. The van der Waals surface area contributed by atoms with Gasteiger partial charge < -0.3 is 15.4 Å². The van der Waals surface area contributed by atoms with Crippen LogP contribution in [0.5, 0.6) is 0 Å². The van der Waals surface area contributed by atoms with Crippen LogP contribution in [0.2, 0.25) is 0 Å². The van der Waals surface area contributed by atoms with E-state index in [0.29, 0.717) is 23.0 Å². The van der Waals surface area contributed by atoms with E-state index >= 15 is 0 Å². The lowest BCUT2D eigenvalue weighted by molar-refractivity contribution is -0.192. The number of H-pyrrole nitrogens is 1. The number of carboxylic acid groups (broad SMARTS) is 1. The molecule has 1 amide bonds. The minimum absolute atomic E-state index is 0.0146. The summed E-state index contributed by atoms with van der Waals surface area (Å²) in [5.74, 6) is -3.58. The van der Waals surface area contributed by atoms with Crippen LogP contribution in [0.25, 0.3) is 10.9 Å². The molecule has 0 aliphatic carbocycles. The third-order valence-corrected chi connectivity index (χ3v) is 5.53. The molecule has 16 heteroatoms. The molecule has 0 fully saturated rings. The topological polar surface area (TPSA) is 112 Å². The number of aromatic nitrogens is 2. The van der Waals surface area contributed by atoms with Gasteiger partial charge in [0.15, 0.2) is 5.43 Å². The van der Waals surface area contributed by atoms with E-state index in [9.17, 15) is 49.1 Å². The summed E-state index contributed by atoms with van der Waals surface area (Å²) < 4.78 is 112. The first-order valence-corrected chi connectivity index (χ1v) is 11.3. The Bertz CT molecular complexity index is 1640. The number of carboxylic acids is 1. The molecule has 0 bridgehead atoms. The fraction of sp³-hybridized carbons (Fsp3) is 0.154. The number of aromatic amines is 1. The number of aliphatic carboxylic acids is 1. The summed E-state index contributed by atoms with van der Waals surface area (Å²) in [5, 5.41) is 9.86. The molecule has 2 aromatic heterocycles. The van der Waals surface area contributed by atoms with Gasteiger partial charge in [-0.25, -0.2) is 4.79 Å². The first kappa shape index (κ1) is 31.6. The molecule has 3 N–H and O–H groups in total. The Balaban J connectivity index is 0.000000616. The largest absolute Gasteiger partial charge is 0.490 e. The number of halogens is 9. The molecule has 7 nitrogen and oxygen atoms in total. The second-order valence-electron chi connectivity index (χ2n) is 8.37. The van der Waals surface area contributed by atoms with Gasteiger partial charge in [0.25, 0.3) is 5.91 Å². The number of nitrogens with one attached hydrogen (secondary N) is 2. The second kappa shape index (κ2) is 11.9. The number of benzene rings is 2. The van der Waals surface area contributed by atoms with Gasteiger partial charge in [-0.15, -0.1) is 0 Å². The molecule has 0 aliphatic rings. The van der Waals surface area contributed by atoms with Crippen molar-refractivity contribution in [2.24, 2.45) is 0 Å². The zero-order valence-corrected chi connectivity index (χ0v) is 20.5. The van der Waals surface area contributed by atoms with Gasteiger partial charge in [0, 0.05) is 29.4 Å². The molecule has 42 heavy (non-hydrogen) atoms. The molecular weight excluding hydrogens is 589 g/mol. The Hall–Kier alpha value is -4.89. The molecule has 0 aliphatic heterocycles. The van der Waals surface area contributed by atoms with Crippen molar-refractivity contribution < 1.29 is 54.2 Å². The van der Waals surface area contributed by atoms with Crippen molar-refractivity contribution >= 4 is 22.8 Å². The predicted octanol–water partition coefficient (Wildman–Crippen LogP) is 6.11. The lowest BCUT2D eigenvalue weighted by Crippen LogP contribution is -2.31. The average molecular weight is 605 g/mol. The van der Waals surface area contributed by atoms with Gasteiger partial charge in [-0.1, -0.05) is 12.1 Å². The van der Waals surface area contributed by atoms with Crippen LogP contribution in [-0.2, 0) is 17.1 Å². The summed E-state index contributed by atoms with van der Waals surface area (Å²) in [6, 6.07) is 9.06. The highest BCUT2D eigenvalue weighted by Crippen LogP contribution is 2.36. The van der Waals surface area contributed by atoms with Crippen LogP contribution in [0.4, 0.5) is 39.5 Å². The Morgan fingerprint density at radius 1 is 0.857 bits per heavy atom. The number of rotatable bonds is 4. The zero-order valence-electron chi connectivity index (χ0n) is 20.5. The van der Waals surface area contributed by atoms with Gasteiger partial charge in [-0.05, 0) is 48.0 Å². The molecule has 222 valence electrons. The maximum Gasteiger partial charge on any atom is 0.490 e. The fourth-order valence-electron chi connectivity index (χ4n) is 3.59. The minimum Gasteiger partial charge on any atom is -0.475 e. The molecule has 1 unspecified atom stereocenters. The molecule has 0 radical (unpaired) electrons. The van der Waals surface area contributed by atoms with Crippen molar-refractivity contribution in [3.63, 3.8) is 0 Å². The Morgan fingerprint density at radius 2 is 1.48 bits per heavy atom. The third-order valence-electron chi connectivity index (χ3n) is 5.53. The summed E-state index contributed by atoms with van der Waals surface area (Å²) in [7, 11) is 0. The van der Waals surface area contributed by atoms with E-state index in [-0.39, 0.29) is 16.6 Å². The van der Waals surface area contributed by atoms with E-state index in [1.54, 1.807) is 0 Å². The lowest BCUT2D eigenvalue weighted by Gasteiger charge is -2.23. The molecule has 0 spiro atoms. The number of pyridine rings is 2. The number of amides is 1. The Morgan fingerprint density at radius 3 is 2.02 bits per heavy atom. The molecule has 1 atom stereocenters. The quantitative estimate of drug-likeness (QED) is 0.243. The summed E-state index contributed by atoms with van der Waals surface area (Å²) in [4.78, 5) is 40.4. The van der Waals surface area contributed by atoms with Gasteiger partial charge in [0.2, 0.25) is 0 Å². The van der Waals surface area contributed by atoms with Gasteiger partial charge in [-0.3, -0.25) is 14.6 Å². The van der Waals surface area contributed by atoms with Crippen LogP contribution in [-0.4, -0.2) is 33.1 Å². The first-order chi connectivity index (χ1) is 19.4. The van der Waals surface area contributed by atoms with Crippen LogP contribution >= 0.6 is 0 Å². The molecule has 2 aromatic carbocycles. The predicted molar refractivity (Wildman–Crippen MR) is 128 cm³/mol. The van der Waals surface area contributed by atoms with E-state index in [1.807, 2.05) is 0 Å². The monoisotopic (exact) mass is 605 g/mol. The Labute approximate surface area is 228 Å². The van der Waals surface area contributed by atoms with Crippen LogP contribution in [0.1, 0.15) is 38.8 Å². The molecule has 4 rings (SSSR count). The molecule has 0 saturated carbocycles. The number of carbonyl (C=O) groups excluding carboxylic acids is 1. The van der Waals surface area contributed by atoms with Crippen molar-refractivity contribution in [2.75, 3.05) is 0 Å². The lowest BCUT2D eigenvalue weighted by atomic mass is 9.97. The van der Waals surface area contributed by atoms with Crippen LogP contribution in [0.3, 0.4) is 0 Å². The van der Waals surface area contributed by atoms with Crippen molar-refractivity contribution in [1.29, 1.82) is 0 Å². The van der Waals surface area contributed by atoms with E-state index in [0.717, 1.165) is 30.5 Å². The summed E-state index contributed by atoms with van der Waals surface area (Å²) in [6.45, 7) is 0. The van der Waals surface area contributed by atoms with E-state index < -0.39 is 53.3 Å². The maximum atomic E-state index is 13.7. The standard InChI is InChI=1S/C24H15F6N3O2.C2HF3O2/c25-23(26,27)15-6-3-13(4-7-15)20(21-17(24(28,29)30)2-1-10-32-21)33-22(35)14-5-8-16-18(12-14)31-11-9-19(16)34;3-2(4,5)1(6)7/h1-12,20H,(H,31,34)(H,33,35);(H,6,7). The second-order valence-corrected chi connectivity index (χ2v) is 8.37. The smallest absolute Gasteiger partial charge is 0.475 e. The number of hydrogen-bond acceptors (Lipinski definition) is 4. The highest BCUT2D eigenvalue weighted by molar-refractivity contribution is 5.98. The highest BCUT2D eigenvalue weighted by atomic mass is 19.4. The summed E-state index contributed by atoms with van der Waals surface area (Å²) in [6.07, 6.45) is -12.1. The Kier molecular flexibility index (Phi) is 8.98. The first-order valence-electron chi connectivity index (χ1n) is 11.3. The van der Waals surface area contributed by atoms with E-state index in [2.05, 4.69) is 15.3 Å². The third kappa shape index (κ3) is 7.64. The van der Waals surface area contributed by atoms with Crippen molar-refractivity contribution in [2.45, 2.75) is 24.6 Å². The fourth-order valence-corrected chi connectivity index (χ4v) is 3.59. The van der Waals surface area contributed by atoms with Crippen LogP contribution in [0, 0.1) is 0 Å². The minimum atomic E-state index is -5.08. The number of hydrogen-bond donors (Lipinski definition) is 3. The van der Waals surface area contributed by atoms with Crippen LogP contribution < -0.4 is 10.7 Å². The SMILES string of the molecule is O=C(NC(c1ccc(C(F)(F)F)cc1)c1ncccc1C(F)(F)F)c1ccc2c(=O)cc[nH]c2c1.O=C(O)C(F)(F)F. The summed E-state index contributed by atoms with van der Waals surface area (Å²) in [5.41, 5.74) is -2.72. The maximum absolute atomic E-state index is 13.7. The average Bonchev–Trinajstić information content (AvgIpc) is 2.90. The van der Waals surface area contributed by atoms with Crippen molar-refractivity contribution in [1.82, 2.24) is 15.3 Å². The zero-order chi connectivity index (χ0) is 31.5. The molecule has 0 saturated heterocycles. The van der Waals surface area contributed by atoms with Gasteiger partial charge in [-0.2, -0.15) is 39.5 Å².